The molecule has 4 aromatic rings. The summed E-state index contributed by atoms with van der Waals surface area (Å²) in [5.74, 6) is 0.604. The van der Waals surface area contributed by atoms with Crippen LogP contribution >= 0.6 is 0 Å². The third-order valence-electron chi connectivity index (χ3n) is 6.09. The Morgan fingerprint density at radius 3 is 2.63 bits per heavy atom. The number of likely N-dealkylation sites (tertiary alicyclic amines) is 1. The van der Waals surface area contributed by atoms with Crippen LogP contribution in [0.15, 0.2) is 36.8 Å². The van der Waals surface area contributed by atoms with Crippen molar-refractivity contribution < 1.29 is 0 Å². The van der Waals surface area contributed by atoms with Gasteiger partial charge >= 0.3 is 0 Å². The summed E-state index contributed by atoms with van der Waals surface area (Å²) in [5.41, 5.74) is 6.10. The van der Waals surface area contributed by atoms with Crippen molar-refractivity contribution >= 4 is 21.8 Å². The molecule has 1 fully saturated rings. The smallest absolute Gasteiger partial charge is 0.138 e. The fraction of sp³-hybridized carbons (Fsp3) is 0.364. The molecule has 0 unspecified atom stereocenters. The molecule has 0 radical (unpaired) electrons. The molecular weight excluding hydrogens is 334 g/mol. The van der Waals surface area contributed by atoms with E-state index in [9.17, 15) is 0 Å². The first-order valence-corrected chi connectivity index (χ1v) is 9.68. The molecule has 1 aliphatic rings. The van der Waals surface area contributed by atoms with Gasteiger partial charge in [-0.3, -0.25) is 4.68 Å². The van der Waals surface area contributed by atoms with Crippen molar-refractivity contribution in [2.75, 3.05) is 20.1 Å². The molecule has 0 aliphatic carbocycles. The van der Waals surface area contributed by atoms with Crippen LogP contribution in [-0.4, -0.2) is 44.8 Å². The van der Waals surface area contributed by atoms with Crippen molar-refractivity contribution in [2.24, 2.45) is 7.05 Å². The molecule has 138 valence electrons. The fourth-order valence-corrected chi connectivity index (χ4v) is 4.50. The lowest BCUT2D eigenvalue weighted by molar-refractivity contribution is 0.253. The van der Waals surface area contributed by atoms with Crippen LogP contribution in [0.3, 0.4) is 0 Å². The molecule has 0 bridgehead atoms. The summed E-state index contributed by atoms with van der Waals surface area (Å²) in [6, 6.07) is 6.62. The van der Waals surface area contributed by atoms with Gasteiger partial charge in [0, 0.05) is 47.4 Å². The molecule has 0 atom stereocenters. The Bertz CT molecular complexity index is 1130. The number of aromatic nitrogens is 4. The van der Waals surface area contributed by atoms with Gasteiger partial charge in [0.2, 0.25) is 0 Å². The Labute approximate surface area is 159 Å². The molecule has 3 aromatic heterocycles. The molecule has 0 spiro atoms. The monoisotopic (exact) mass is 359 g/mol. The number of piperidine rings is 1. The highest BCUT2D eigenvalue weighted by molar-refractivity contribution is 6.08. The normalized spacial score (nSPS) is 16.6. The third kappa shape index (κ3) is 2.73. The van der Waals surface area contributed by atoms with Gasteiger partial charge in [-0.15, -0.1) is 0 Å². The van der Waals surface area contributed by atoms with E-state index >= 15 is 0 Å². The summed E-state index contributed by atoms with van der Waals surface area (Å²) in [6.45, 7) is 4.59. The molecule has 1 saturated heterocycles. The molecule has 0 saturated carbocycles. The second-order valence-corrected chi connectivity index (χ2v) is 7.93. The zero-order valence-corrected chi connectivity index (χ0v) is 16.2. The van der Waals surface area contributed by atoms with Gasteiger partial charge in [-0.25, -0.2) is 4.98 Å². The van der Waals surface area contributed by atoms with Gasteiger partial charge in [0.05, 0.1) is 6.20 Å². The van der Waals surface area contributed by atoms with E-state index < -0.39 is 0 Å². The number of nitrogens with one attached hydrogen (secondary N) is 1. The Balaban J connectivity index is 1.67. The summed E-state index contributed by atoms with van der Waals surface area (Å²) in [6.07, 6.45) is 8.39. The van der Waals surface area contributed by atoms with Crippen molar-refractivity contribution in [1.82, 2.24) is 24.6 Å². The van der Waals surface area contributed by atoms with Crippen LogP contribution in [0.5, 0.6) is 0 Å². The Morgan fingerprint density at radius 1 is 1.07 bits per heavy atom. The lowest BCUT2D eigenvalue weighted by Gasteiger charge is -2.28. The number of pyridine rings is 1. The van der Waals surface area contributed by atoms with Gasteiger partial charge in [-0.1, -0.05) is 12.1 Å². The predicted octanol–water partition coefficient (Wildman–Crippen LogP) is 4.23. The first kappa shape index (κ1) is 16.5. The number of benzene rings is 1. The highest BCUT2D eigenvalue weighted by Crippen LogP contribution is 2.36. The zero-order valence-electron chi connectivity index (χ0n) is 16.2. The number of aromatic amines is 1. The molecule has 5 heteroatoms. The number of H-pyrrole nitrogens is 1. The van der Waals surface area contributed by atoms with Crippen molar-refractivity contribution in [3.8, 4) is 11.1 Å². The van der Waals surface area contributed by atoms with E-state index in [1.165, 1.54) is 58.9 Å². The molecule has 5 rings (SSSR count). The summed E-state index contributed by atoms with van der Waals surface area (Å²) < 4.78 is 1.85. The molecular formula is C22H25N5. The van der Waals surface area contributed by atoms with Crippen LogP contribution in [0.25, 0.3) is 32.9 Å². The first-order chi connectivity index (χ1) is 13.1. The summed E-state index contributed by atoms with van der Waals surface area (Å²) in [4.78, 5) is 10.8. The van der Waals surface area contributed by atoms with E-state index in [2.05, 4.69) is 53.3 Å². The third-order valence-corrected chi connectivity index (χ3v) is 6.09. The van der Waals surface area contributed by atoms with E-state index in [-0.39, 0.29) is 0 Å². The van der Waals surface area contributed by atoms with Gasteiger partial charge in [0.15, 0.2) is 0 Å². The number of rotatable bonds is 2. The lowest BCUT2D eigenvalue weighted by atomic mass is 9.91. The largest absolute Gasteiger partial charge is 0.343 e. The fourth-order valence-electron chi connectivity index (χ4n) is 4.50. The second-order valence-electron chi connectivity index (χ2n) is 7.93. The van der Waals surface area contributed by atoms with Gasteiger partial charge < -0.3 is 9.88 Å². The maximum atomic E-state index is 4.72. The van der Waals surface area contributed by atoms with Crippen molar-refractivity contribution in [1.29, 1.82) is 0 Å². The minimum absolute atomic E-state index is 0.604. The Morgan fingerprint density at radius 2 is 1.89 bits per heavy atom. The summed E-state index contributed by atoms with van der Waals surface area (Å²) >= 11 is 0. The first-order valence-electron chi connectivity index (χ1n) is 9.68. The topological polar surface area (TPSA) is 49.7 Å². The minimum Gasteiger partial charge on any atom is -0.343 e. The molecule has 4 heterocycles. The maximum absolute atomic E-state index is 4.72. The van der Waals surface area contributed by atoms with Crippen LogP contribution in [0.2, 0.25) is 0 Å². The lowest BCUT2D eigenvalue weighted by Crippen LogP contribution is -2.29. The maximum Gasteiger partial charge on any atom is 0.138 e. The van der Waals surface area contributed by atoms with Crippen LogP contribution in [0.1, 0.15) is 30.0 Å². The predicted molar refractivity (Wildman–Crippen MR) is 110 cm³/mol. The van der Waals surface area contributed by atoms with Gasteiger partial charge in [0.25, 0.3) is 0 Å². The molecule has 1 aliphatic heterocycles. The van der Waals surface area contributed by atoms with Gasteiger partial charge in [-0.05, 0) is 62.5 Å². The average Bonchev–Trinajstić information content (AvgIpc) is 3.26. The molecule has 1 aromatic carbocycles. The second kappa shape index (κ2) is 6.20. The van der Waals surface area contributed by atoms with E-state index in [1.54, 1.807) is 0 Å². The van der Waals surface area contributed by atoms with Crippen molar-refractivity contribution in [3.05, 3.63) is 48.0 Å². The highest BCUT2D eigenvalue weighted by Gasteiger charge is 2.23. The van der Waals surface area contributed by atoms with Crippen LogP contribution in [0.4, 0.5) is 0 Å². The summed E-state index contributed by atoms with van der Waals surface area (Å²) in [7, 11) is 4.17. The van der Waals surface area contributed by atoms with Crippen LogP contribution in [-0.2, 0) is 7.05 Å². The number of hydrogen-bond donors (Lipinski definition) is 1. The molecule has 5 nitrogen and oxygen atoms in total. The SMILES string of the molecule is Cc1c(C2CCN(C)CC2)[nH]c2ncc3ccc(-c4cnn(C)c4)cc3c12. The van der Waals surface area contributed by atoms with Crippen LogP contribution < -0.4 is 0 Å². The van der Waals surface area contributed by atoms with Crippen molar-refractivity contribution in [2.45, 2.75) is 25.7 Å². The number of fused-ring (bicyclic) bond motifs is 3. The summed E-state index contributed by atoms with van der Waals surface area (Å²) in [5, 5.41) is 8.05. The Hall–Kier alpha value is -2.66. The Kier molecular flexibility index (Phi) is 3.79. The van der Waals surface area contributed by atoms with E-state index in [4.69, 9.17) is 4.98 Å². The molecule has 1 N–H and O–H groups in total. The number of aryl methyl sites for hydroxylation is 2. The van der Waals surface area contributed by atoms with Gasteiger partial charge in [-0.2, -0.15) is 5.10 Å². The van der Waals surface area contributed by atoms with E-state index in [0.717, 1.165) is 11.2 Å². The molecule has 27 heavy (non-hydrogen) atoms. The number of nitrogens with zero attached hydrogens (tertiary/aromatic N) is 4. The quantitative estimate of drug-likeness (QED) is 0.582. The zero-order chi connectivity index (χ0) is 18.5. The van der Waals surface area contributed by atoms with E-state index in [1.807, 2.05) is 24.1 Å². The average molecular weight is 359 g/mol. The highest BCUT2D eigenvalue weighted by atomic mass is 15.2. The van der Waals surface area contributed by atoms with E-state index in [0.29, 0.717) is 5.92 Å². The van der Waals surface area contributed by atoms with Crippen LogP contribution in [0, 0.1) is 6.92 Å². The standard InChI is InChI=1S/C22H25N5/c1-14-20-19-10-16(18-12-24-27(3)13-18)4-5-17(19)11-23-22(20)25-21(14)15-6-8-26(2)9-7-15/h4-5,10-13,15H,6-9H2,1-3H3,(H,23,25). The van der Waals surface area contributed by atoms with Crippen molar-refractivity contribution in [3.63, 3.8) is 0 Å². The minimum atomic E-state index is 0.604. The van der Waals surface area contributed by atoms with Gasteiger partial charge in [0.1, 0.15) is 5.65 Å². The number of hydrogen-bond acceptors (Lipinski definition) is 3. The molecule has 0 amide bonds.